The first kappa shape index (κ1) is 27.2. The number of aromatic carboxylic acids is 1. The summed E-state index contributed by atoms with van der Waals surface area (Å²) in [5.74, 6) is 2.81. The Kier molecular flexibility index (Phi) is 7.57. The molecule has 37 heavy (non-hydrogen) atoms. The fourth-order valence-electron chi connectivity index (χ4n) is 10.7. The molecule has 3 N–H and O–H groups in total. The third-order valence-electron chi connectivity index (χ3n) is 12.5. The molecule has 0 bridgehead atoms. The molecule has 0 heterocycles. The maximum Gasteiger partial charge on any atom is 0.335 e. The van der Waals surface area contributed by atoms with Crippen LogP contribution in [0.15, 0.2) is 24.3 Å². The molecule has 5 unspecified atom stereocenters. The van der Waals surface area contributed by atoms with Crippen LogP contribution >= 0.6 is 0 Å². The topological polar surface area (TPSA) is 77.8 Å². The fraction of sp³-hybridized carbons (Fsp3) is 0.788. The van der Waals surface area contributed by atoms with Crippen LogP contribution in [0.25, 0.3) is 0 Å². The van der Waals surface area contributed by atoms with Crippen LogP contribution in [0, 0.1) is 52.3 Å². The Labute approximate surface area is 224 Å². The summed E-state index contributed by atoms with van der Waals surface area (Å²) in [6.07, 6.45) is 11.5. The molecule has 0 spiro atoms. The third-order valence-corrected chi connectivity index (χ3v) is 12.5. The standard InChI is InChI=1S/C33H50O4/c1-5-23-28-19-22(34)15-17-33(28,4)27-16-18-32(3)25(13-14-26(32)29(27)30(23)35)20(2)9-8-11-21-10-6-7-12-24(21)31(36)37/h6-7,10,12,20,22-23,25-30,34-35H,5,8-9,11,13-19H2,1-4H3,(H,36,37)/t20-,22-,23-,25-,26?,27?,28?,29?,30-,32?,33-/m1/s1. The molecule has 206 valence electrons. The summed E-state index contributed by atoms with van der Waals surface area (Å²) < 4.78 is 0. The van der Waals surface area contributed by atoms with Crippen LogP contribution in [-0.2, 0) is 6.42 Å². The Balaban J connectivity index is 1.30. The Hall–Kier alpha value is -1.39. The van der Waals surface area contributed by atoms with Gasteiger partial charge in [-0.1, -0.05) is 58.7 Å². The molecule has 4 saturated carbocycles. The van der Waals surface area contributed by atoms with Crippen molar-refractivity contribution < 1.29 is 20.1 Å². The van der Waals surface area contributed by atoms with Gasteiger partial charge in [0.2, 0.25) is 0 Å². The highest BCUT2D eigenvalue weighted by Gasteiger charge is 2.64. The average molecular weight is 511 g/mol. The third kappa shape index (κ3) is 4.48. The first-order valence-corrected chi connectivity index (χ1v) is 15.3. The Morgan fingerprint density at radius 2 is 1.70 bits per heavy atom. The minimum atomic E-state index is -0.827. The average Bonchev–Trinajstić information content (AvgIpc) is 3.22. The molecule has 1 aromatic carbocycles. The van der Waals surface area contributed by atoms with E-state index in [1.807, 2.05) is 18.2 Å². The molecule has 4 fully saturated rings. The van der Waals surface area contributed by atoms with Crippen LogP contribution in [0.2, 0.25) is 0 Å². The maximum atomic E-state index is 11.9. The summed E-state index contributed by atoms with van der Waals surface area (Å²) in [6, 6.07) is 7.45. The Bertz CT molecular complexity index is 975. The van der Waals surface area contributed by atoms with Gasteiger partial charge in [-0.3, -0.25) is 0 Å². The van der Waals surface area contributed by atoms with Gasteiger partial charge in [0.1, 0.15) is 0 Å². The zero-order valence-corrected chi connectivity index (χ0v) is 23.5. The molecular formula is C33H50O4. The number of hydrogen-bond donors (Lipinski definition) is 3. The van der Waals surface area contributed by atoms with Crippen LogP contribution in [-0.4, -0.2) is 33.5 Å². The highest BCUT2D eigenvalue weighted by molar-refractivity contribution is 5.89. The van der Waals surface area contributed by atoms with E-state index in [0.717, 1.165) is 50.5 Å². The van der Waals surface area contributed by atoms with E-state index in [1.54, 1.807) is 6.07 Å². The highest BCUT2D eigenvalue weighted by atomic mass is 16.4. The highest BCUT2D eigenvalue weighted by Crippen LogP contribution is 2.69. The lowest BCUT2D eigenvalue weighted by Gasteiger charge is -2.64. The second-order valence-electron chi connectivity index (χ2n) is 14.0. The predicted molar refractivity (Wildman–Crippen MR) is 147 cm³/mol. The van der Waals surface area contributed by atoms with Crippen molar-refractivity contribution in [3.8, 4) is 0 Å². The summed E-state index contributed by atoms with van der Waals surface area (Å²) in [6.45, 7) is 9.75. The summed E-state index contributed by atoms with van der Waals surface area (Å²) in [5.41, 5.74) is 1.94. The van der Waals surface area contributed by atoms with Gasteiger partial charge in [0.25, 0.3) is 0 Å². The number of hydrogen-bond acceptors (Lipinski definition) is 3. The van der Waals surface area contributed by atoms with Gasteiger partial charge in [-0.15, -0.1) is 0 Å². The van der Waals surface area contributed by atoms with Crippen molar-refractivity contribution in [1.29, 1.82) is 0 Å². The number of fused-ring (bicyclic) bond motifs is 5. The normalized spacial score (nSPS) is 43.9. The second-order valence-corrected chi connectivity index (χ2v) is 14.0. The van der Waals surface area contributed by atoms with E-state index in [0.29, 0.717) is 47.0 Å². The molecule has 0 amide bonds. The molecule has 4 aliphatic rings. The van der Waals surface area contributed by atoms with Gasteiger partial charge >= 0.3 is 5.97 Å². The number of benzene rings is 1. The minimum absolute atomic E-state index is 0.191. The van der Waals surface area contributed by atoms with Crippen LogP contribution in [0.1, 0.15) is 108 Å². The second kappa shape index (κ2) is 10.3. The van der Waals surface area contributed by atoms with Gasteiger partial charge in [0.05, 0.1) is 17.8 Å². The van der Waals surface area contributed by atoms with Gasteiger partial charge in [-0.05, 0) is 122 Å². The van der Waals surface area contributed by atoms with E-state index < -0.39 is 5.97 Å². The zero-order valence-electron chi connectivity index (χ0n) is 23.5. The van der Waals surface area contributed by atoms with Gasteiger partial charge in [0.15, 0.2) is 0 Å². The van der Waals surface area contributed by atoms with Crippen molar-refractivity contribution in [2.24, 2.45) is 52.3 Å². The van der Waals surface area contributed by atoms with Crippen LogP contribution in [0.4, 0.5) is 0 Å². The van der Waals surface area contributed by atoms with E-state index in [1.165, 1.54) is 25.7 Å². The van der Waals surface area contributed by atoms with Crippen molar-refractivity contribution in [1.82, 2.24) is 0 Å². The van der Waals surface area contributed by atoms with Gasteiger partial charge in [0, 0.05) is 0 Å². The van der Waals surface area contributed by atoms with E-state index in [4.69, 9.17) is 0 Å². The number of rotatable bonds is 7. The van der Waals surface area contributed by atoms with E-state index in [9.17, 15) is 20.1 Å². The number of carbonyl (C=O) groups is 1. The number of aliphatic hydroxyl groups is 2. The lowest BCUT2D eigenvalue weighted by atomic mass is 9.41. The first-order chi connectivity index (χ1) is 17.6. The molecule has 4 aliphatic carbocycles. The van der Waals surface area contributed by atoms with Crippen LogP contribution in [0.3, 0.4) is 0 Å². The minimum Gasteiger partial charge on any atom is -0.478 e. The molecule has 11 atom stereocenters. The van der Waals surface area contributed by atoms with Crippen molar-refractivity contribution in [2.45, 2.75) is 111 Å². The Morgan fingerprint density at radius 3 is 2.43 bits per heavy atom. The number of aliphatic hydroxyl groups excluding tert-OH is 2. The van der Waals surface area contributed by atoms with E-state index in [2.05, 4.69) is 27.7 Å². The van der Waals surface area contributed by atoms with Crippen molar-refractivity contribution in [3.05, 3.63) is 35.4 Å². The zero-order chi connectivity index (χ0) is 26.5. The molecule has 0 aromatic heterocycles. The summed E-state index contributed by atoms with van der Waals surface area (Å²) >= 11 is 0. The molecule has 0 radical (unpaired) electrons. The smallest absolute Gasteiger partial charge is 0.335 e. The SMILES string of the molecule is CC[C@@H]1C2C[C@H](O)CC[C@]2(C)C2CCC3(C)C(CC[C@@H]3[C@H](C)CCCc3ccccc3C(=O)O)C2[C@@H]1O. The van der Waals surface area contributed by atoms with Crippen molar-refractivity contribution in [2.75, 3.05) is 0 Å². The molecule has 0 saturated heterocycles. The van der Waals surface area contributed by atoms with Gasteiger partial charge in [-0.2, -0.15) is 0 Å². The van der Waals surface area contributed by atoms with Gasteiger partial charge in [-0.25, -0.2) is 4.79 Å². The monoisotopic (exact) mass is 510 g/mol. The summed E-state index contributed by atoms with van der Waals surface area (Å²) in [5, 5.41) is 32.0. The molecule has 5 rings (SSSR count). The van der Waals surface area contributed by atoms with Gasteiger partial charge < -0.3 is 15.3 Å². The van der Waals surface area contributed by atoms with E-state index in [-0.39, 0.29) is 23.0 Å². The maximum absolute atomic E-state index is 11.9. The van der Waals surface area contributed by atoms with Crippen molar-refractivity contribution in [3.63, 3.8) is 0 Å². The number of carboxylic acids is 1. The van der Waals surface area contributed by atoms with Crippen LogP contribution in [0.5, 0.6) is 0 Å². The molecule has 0 aliphatic heterocycles. The molecular weight excluding hydrogens is 460 g/mol. The summed E-state index contributed by atoms with van der Waals surface area (Å²) in [4.78, 5) is 11.6. The van der Waals surface area contributed by atoms with E-state index >= 15 is 0 Å². The lowest BCUT2D eigenvalue weighted by Crippen LogP contribution is -2.62. The lowest BCUT2D eigenvalue weighted by molar-refractivity contribution is -0.203. The largest absolute Gasteiger partial charge is 0.478 e. The quantitative estimate of drug-likeness (QED) is 0.370. The number of carboxylic acid groups (broad SMARTS) is 1. The number of aryl methyl sites for hydroxylation is 1. The Morgan fingerprint density at radius 1 is 1.00 bits per heavy atom. The predicted octanol–water partition coefficient (Wildman–Crippen LogP) is 6.97. The van der Waals surface area contributed by atoms with Crippen LogP contribution < -0.4 is 0 Å². The summed E-state index contributed by atoms with van der Waals surface area (Å²) in [7, 11) is 0. The molecule has 4 heteroatoms. The molecule has 4 nitrogen and oxygen atoms in total. The first-order valence-electron chi connectivity index (χ1n) is 15.3. The molecule has 1 aromatic rings. The fourth-order valence-corrected chi connectivity index (χ4v) is 10.7. The van der Waals surface area contributed by atoms with Crippen molar-refractivity contribution >= 4 is 5.97 Å².